The van der Waals surface area contributed by atoms with Gasteiger partial charge in [0.05, 0.1) is 6.10 Å². The molecule has 1 rings (SSSR count). The maximum atomic E-state index is 5.88. The fourth-order valence-electron chi connectivity index (χ4n) is 1.50. The Morgan fingerprint density at radius 1 is 1.47 bits per heavy atom. The van der Waals surface area contributed by atoms with Gasteiger partial charge in [0.1, 0.15) is 5.75 Å². The van der Waals surface area contributed by atoms with Gasteiger partial charge in [-0.3, -0.25) is 0 Å². The van der Waals surface area contributed by atoms with Crippen LogP contribution in [0, 0.1) is 0 Å². The molecule has 0 fully saturated rings. The van der Waals surface area contributed by atoms with E-state index in [0.29, 0.717) is 11.6 Å². The zero-order chi connectivity index (χ0) is 11.3. The zero-order valence-electron chi connectivity index (χ0n) is 9.29. The first kappa shape index (κ1) is 12.3. The van der Waals surface area contributed by atoms with Crippen LogP contribution < -0.4 is 10.5 Å². The molecule has 1 aromatic rings. The van der Waals surface area contributed by atoms with Gasteiger partial charge in [0.2, 0.25) is 0 Å². The average molecular weight is 228 g/mol. The second-order valence-electron chi connectivity index (χ2n) is 3.67. The summed E-state index contributed by atoms with van der Waals surface area (Å²) in [6, 6.07) is 5.57. The zero-order valence-corrected chi connectivity index (χ0v) is 10.1. The van der Waals surface area contributed by atoms with Crippen LogP contribution in [0.1, 0.15) is 32.3 Å². The van der Waals surface area contributed by atoms with Crippen molar-refractivity contribution >= 4 is 11.6 Å². The summed E-state index contributed by atoms with van der Waals surface area (Å²) < 4.78 is 5.79. The SMILES string of the molecule is CCCC(C)Oc1ccc(Cl)cc1CN. The van der Waals surface area contributed by atoms with Gasteiger partial charge in [-0.25, -0.2) is 0 Å². The van der Waals surface area contributed by atoms with Crippen LogP contribution in [0.15, 0.2) is 18.2 Å². The van der Waals surface area contributed by atoms with Crippen molar-refractivity contribution in [2.75, 3.05) is 0 Å². The number of halogens is 1. The summed E-state index contributed by atoms with van der Waals surface area (Å²) in [5.41, 5.74) is 6.59. The Morgan fingerprint density at radius 2 is 2.20 bits per heavy atom. The minimum Gasteiger partial charge on any atom is -0.490 e. The van der Waals surface area contributed by atoms with Crippen molar-refractivity contribution in [1.29, 1.82) is 0 Å². The van der Waals surface area contributed by atoms with Crippen molar-refractivity contribution in [3.05, 3.63) is 28.8 Å². The molecule has 3 heteroatoms. The molecule has 0 bridgehead atoms. The molecule has 0 radical (unpaired) electrons. The Labute approximate surface area is 96.4 Å². The van der Waals surface area contributed by atoms with Crippen molar-refractivity contribution < 1.29 is 4.74 Å². The van der Waals surface area contributed by atoms with Gasteiger partial charge >= 0.3 is 0 Å². The number of hydrogen-bond acceptors (Lipinski definition) is 2. The van der Waals surface area contributed by atoms with E-state index in [9.17, 15) is 0 Å². The van der Waals surface area contributed by atoms with Crippen molar-refractivity contribution in [1.82, 2.24) is 0 Å². The van der Waals surface area contributed by atoms with Crippen LogP contribution in [0.5, 0.6) is 5.75 Å². The van der Waals surface area contributed by atoms with Gasteiger partial charge in [-0.05, 0) is 31.5 Å². The first-order valence-corrected chi connectivity index (χ1v) is 5.70. The predicted octanol–water partition coefficient (Wildman–Crippen LogP) is 3.37. The molecule has 0 aromatic heterocycles. The van der Waals surface area contributed by atoms with Crippen molar-refractivity contribution in [3.8, 4) is 5.75 Å². The predicted molar refractivity (Wildman–Crippen MR) is 64.3 cm³/mol. The van der Waals surface area contributed by atoms with E-state index >= 15 is 0 Å². The van der Waals surface area contributed by atoms with E-state index in [2.05, 4.69) is 13.8 Å². The highest BCUT2D eigenvalue weighted by Crippen LogP contribution is 2.24. The Kier molecular flexibility index (Phi) is 4.92. The first-order valence-electron chi connectivity index (χ1n) is 5.32. The molecule has 0 amide bonds. The summed E-state index contributed by atoms with van der Waals surface area (Å²) in [5.74, 6) is 0.850. The fourth-order valence-corrected chi connectivity index (χ4v) is 1.70. The quantitative estimate of drug-likeness (QED) is 0.837. The Morgan fingerprint density at radius 3 is 2.80 bits per heavy atom. The Balaban J connectivity index is 2.75. The third-order valence-corrected chi connectivity index (χ3v) is 2.50. The second kappa shape index (κ2) is 5.99. The third kappa shape index (κ3) is 3.73. The normalized spacial score (nSPS) is 12.5. The molecule has 15 heavy (non-hydrogen) atoms. The Bertz CT molecular complexity index is 314. The van der Waals surface area contributed by atoms with Gasteiger partial charge in [-0.2, -0.15) is 0 Å². The fraction of sp³-hybridized carbons (Fsp3) is 0.500. The molecule has 2 N–H and O–H groups in total. The number of nitrogens with two attached hydrogens (primary N) is 1. The molecular formula is C12H18ClNO. The molecule has 0 saturated carbocycles. The van der Waals surface area contributed by atoms with Crippen LogP contribution in [0.2, 0.25) is 5.02 Å². The van der Waals surface area contributed by atoms with Gasteiger partial charge in [-0.15, -0.1) is 0 Å². The van der Waals surface area contributed by atoms with E-state index < -0.39 is 0 Å². The average Bonchev–Trinajstić information content (AvgIpc) is 2.21. The summed E-state index contributed by atoms with van der Waals surface area (Å²) in [6.07, 6.45) is 2.39. The smallest absolute Gasteiger partial charge is 0.124 e. The lowest BCUT2D eigenvalue weighted by atomic mass is 10.2. The molecule has 0 spiro atoms. The molecule has 0 aliphatic heterocycles. The highest BCUT2D eigenvalue weighted by molar-refractivity contribution is 6.30. The van der Waals surface area contributed by atoms with E-state index in [4.69, 9.17) is 22.1 Å². The molecular weight excluding hydrogens is 210 g/mol. The molecule has 1 atom stereocenters. The molecule has 0 saturated heterocycles. The summed E-state index contributed by atoms with van der Waals surface area (Å²) >= 11 is 5.88. The van der Waals surface area contributed by atoms with E-state index in [-0.39, 0.29) is 6.10 Å². The van der Waals surface area contributed by atoms with Crippen LogP contribution in [0.4, 0.5) is 0 Å². The monoisotopic (exact) mass is 227 g/mol. The lowest BCUT2D eigenvalue weighted by molar-refractivity contribution is 0.208. The van der Waals surface area contributed by atoms with Gasteiger partial charge in [-0.1, -0.05) is 24.9 Å². The van der Waals surface area contributed by atoms with Gasteiger partial charge in [0.25, 0.3) is 0 Å². The standard InChI is InChI=1S/C12H18ClNO/c1-3-4-9(2)15-12-6-5-11(13)7-10(12)8-14/h5-7,9H,3-4,8,14H2,1-2H3. The van der Waals surface area contributed by atoms with E-state index in [1.54, 1.807) is 0 Å². The summed E-state index contributed by atoms with van der Waals surface area (Å²) in [7, 11) is 0. The van der Waals surface area contributed by atoms with Gasteiger partial charge < -0.3 is 10.5 Å². The number of ether oxygens (including phenoxy) is 1. The number of hydrogen-bond donors (Lipinski definition) is 1. The van der Waals surface area contributed by atoms with Gasteiger partial charge in [0.15, 0.2) is 0 Å². The van der Waals surface area contributed by atoms with Crippen LogP contribution in [0.25, 0.3) is 0 Å². The topological polar surface area (TPSA) is 35.2 Å². The molecule has 1 unspecified atom stereocenters. The largest absolute Gasteiger partial charge is 0.490 e. The highest BCUT2D eigenvalue weighted by atomic mass is 35.5. The molecule has 0 aliphatic rings. The summed E-state index contributed by atoms with van der Waals surface area (Å²) in [6.45, 7) is 4.67. The highest BCUT2D eigenvalue weighted by Gasteiger charge is 2.07. The van der Waals surface area contributed by atoms with E-state index in [1.807, 2.05) is 18.2 Å². The second-order valence-corrected chi connectivity index (χ2v) is 4.11. The van der Waals surface area contributed by atoms with Crippen LogP contribution in [-0.2, 0) is 6.54 Å². The van der Waals surface area contributed by atoms with Crippen molar-refractivity contribution in [3.63, 3.8) is 0 Å². The van der Waals surface area contributed by atoms with Gasteiger partial charge in [0, 0.05) is 17.1 Å². The third-order valence-electron chi connectivity index (χ3n) is 2.27. The Hall–Kier alpha value is -0.730. The number of benzene rings is 1. The molecule has 0 aliphatic carbocycles. The minimum absolute atomic E-state index is 0.224. The lowest BCUT2D eigenvalue weighted by Crippen LogP contribution is -2.13. The first-order chi connectivity index (χ1) is 7.17. The lowest BCUT2D eigenvalue weighted by Gasteiger charge is -2.16. The van der Waals surface area contributed by atoms with Crippen LogP contribution in [-0.4, -0.2) is 6.10 Å². The van der Waals surface area contributed by atoms with Crippen molar-refractivity contribution in [2.24, 2.45) is 5.73 Å². The van der Waals surface area contributed by atoms with Crippen LogP contribution in [0.3, 0.4) is 0 Å². The van der Waals surface area contributed by atoms with E-state index in [0.717, 1.165) is 24.2 Å². The van der Waals surface area contributed by atoms with E-state index in [1.165, 1.54) is 0 Å². The van der Waals surface area contributed by atoms with Crippen molar-refractivity contribution in [2.45, 2.75) is 39.3 Å². The maximum absolute atomic E-state index is 5.88. The summed E-state index contributed by atoms with van der Waals surface area (Å²) in [5, 5.41) is 0.700. The molecule has 1 aromatic carbocycles. The molecule has 2 nitrogen and oxygen atoms in total. The minimum atomic E-state index is 0.224. The molecule has 0 heterocycles. The molecule has 84 valence electrons. The van der Waals surface area contributed by atoms with Crippen LogP contribution >= 0.6 is 11.6 Å². The number of rotatable bonds is 5. The summed E-state index contributed by atoms with van der Waals surface area (Å²) in [4.78, 5) is 0. The maximum Gasteiger partial charge on any atom is 0.124 e.